The van der Waals surface area contributed by atoms with Crippen LogP contribution in [0.3, 0.4) is 0 Å². The Morgan fingerprint density at radius 3 is 1.64 bits per heavy atom. The van der Waals surface area contributed by atoms with Crippen LogP contribution in [0.2, 0.25) is 0 Å². The fourth-order valence-electron chi connectivity index (χ4n) is 3.28. The van der Waals surface area contributed by atoms with E-state index in [1.54, 1.807) is 13.8 Å². The number of fused-ring (bicyclic) bond motifs is 5. The number of carbonyl (C=O) groups is 2. The van der Waals surface area contributed by atoms with Crippen LogP contribution in [0.1, 0.15) is 13.8 Å². The molecule has 0 aromatic heterocycles. The Kier molecular flexibility index (Phi) is 3.81. The van der Waals surface area contributed by atoms with Crippen molar-refractivity contribution < 1.29 is 14.4 Å². The van der Waals surface area contributed by atoms with Crippen LogP contribution in [0.15, 0.2) is 10.1 Å². The molecule has 2 bridgehead atoms. The van der Waals surface area contributed by atoms with Crippen molar-refractivity contribution in [3.8, 4) is 0 Å². The first-order chi connectivity index (χ1) is 9.94. The summed E-state index contributed by atoms with van der Waals surface area (Å²) in [6.45, 7) is 3.34. The molecule has 122 valence electrons. The quantitative estimate of drug-likeness (QED) is 0.497. The Hall–Kier alpha value is 0.580. The van der Waals surface area contributed by atoms with Crippen LogP contribution in [0, 0.1) is 11.8 Å². The van der Waals surface area contributed by atoms with Crippen molar-refractivity contribution in [2.45, 2.75) is 34.0 Å². The average molecular weight is 428 g/mol. The molecule has 1 saturated heterocycles. The summed E-state index contributed by atoms with van der Waals surface area (Å²) < 4.78 is -1.91. The second kappa shape index (κ2) is 4.81. The Balaban J connectivity index is 2.19. The van der Waals surface area contributed by atoms with Crippen LogP contribution in [-0.4, -0.2) is 37.1 Å². The van der Waals surface area contributed by atoms with Gasteiger partial charge in [0.1, 0.15) is 9.75 Å². The van der Waals surface area contributed by atoms with Crippen molar-refractivity contribution in [2.24, 2.45) is 11.8 Å². The van der Waals surface area contributed by atoms with Gasteiger partial charge in [0.25, 0.3) is 11.8 Å². The number of imide groups is 1. The summed E-state index contributed by atoms with van der Waals surface area (Å²) in [6, 6.07) is 0. The highest BCUT2D eigenvalue weighted by Crippen LogP contribution is 2.77. The minimum Gasteiger partial charge on any atom is -0.272 e. The molecule has 1 saturated carbocycles. The molecular weight excluding hydrogens is 419 g/mol. The summed E-state index contributed by atoms with van der Waals surface area (Å²) >= 11 is 37.9. The predicted molar refractivity (Wildman–Crippen MR) is 85.4 cm³/mol. The van der Waals surface area contributed by atoms with Crippen molar-refractivity contribution in [1.82, 2.24) is 5.06 Å². The molecule has 2 fully saturated rings. The first-order valence-corrected chi connectivity index (χ1v) is 8.57. The van der Waals surface area contributed by atoms with E-state index in [1.807, 2.05) is 0 Å². The average Bonchev–Trinajstić information content (AvgIpc) is 2.78. The summed E-state index contributed by atoms with van der Waals surface area (Å²) in [4.78, 5) is 26.9. The standard InChI is InChI=1S/C12H9Cl6NO3/c1-3(2)22-19-8(20)4-5(9(19)21)11(16)7(14)6(13)10(4,15)12(11,17)18/h3-5H,1-2H3/t4-,5+,10-,11-/m1/s1. The third kappa shape index (κ3) is 1.58. The fourth-order valence-corrected chi connectivity index (χ4v) is 6.21. The molecule has 0 radical (unpaired) electrons. The van der Waals surface area contributed by atoms with Crippen molar-refractivity contribution in [3.05, 3.63) is 10.1 Å². The molecule has 0 aromatic carbocycles. The van der Waals surface area contributed by atoms with Crippen LogP contribution in [-0.2, 0) is 14.4 Å². The Bertz CT molecular complexity index is 588. The lowest BCUT2D eigenvalue weighted by Gasteiger charge is -2.34. The third-order valence-corrected chi connectivity index (χ3v) is 8.44. The van der Waals surface area contributed by atoms with Gasteiger partial charge in [0.2, 0.25) is 0 Å². The number of rotatable bonds is 2. The fraction of sp³-hybridized carbons (Fsp3) is 0.667. The monoisotopic (exact) mass is 425 g/mol. The second-order valence-electron chi connectivity index (χ2n) is 5.71. The smallest absolute Gasteiger partial charge is 0.259 e. The lowest BCUT2D eigenvalue weighted by molar-refractivity contribution is -0.200. The van der Waals surface area contributed by atoms with E-state index in [0.717, 1.165) is 0 Å². The number of halogens is 6. The van der Waals surface area contributed by atoms with E-state index in [2.05, 4.69) is 0 Å². The van der Waals surface area contributed by atoms with Gasteiger partial charge in [0.05, 0.1) is 28.0 Å². The molecule has 1 heterocycles. The largest absolute Gasteiger partial charge is 0.272 e. The normalized spacial score (nSPS) is 42.9. The molecule has 2 aliphatic carbocycles. The molecule has 10 heteroatoms. The number of hydrogen-bond donors (Lipinski definition) is 0. The highest BCUT2D eigenvalue weighted by molar-refractivity contribution is 6.66. The van der Waals surface area contributed by atoms with Crippen molar-refractivity contribution in [3.63, 3.8) is 0 Å². The topological polar surface area (TPSA) is 46.6 Å². The van der Waals surface area contributed by atoms with Gasteiger partial charge in [-0.15, -0.1) is 23.2 Å². The maximum Gasteiger partial charge on any atom is 0.259 e. The van der Waals surface area contributed by atoms with Gasteiger partial charge >= 0.3 is 0 Å². The summed E-state index contributed by atoms with van der Waals surface area (Å²) in [7, 11) is 0. The van der Waals surface area contributed by atoms with Crippen LogP contribution >= 0.6 is 69.6 Å². The summed E-state index contributed by atoms with van der Waals surface area (Å²) in [5, 5.41) is 0.408. The number of alkyl halides is 4. The van der Waals surface area contributed by atoms with Crippen molar-refractivity contribution in [1.29, 1.82) is 0 Å². The summed E-state index contributed by atoms with van der Waals surface area (Å²) in [6.07, 6.45) is -0.405. The Labute approximate surface area is 156 Å². The molecule has 22 heavy (non-hydrogen) atoms. The van der Waals surface area contributed by atoms with Gasteiger partial charge in [0.15, 0.2) is 4.33 Å². The second-order valence-corrected chi connectivity index (χ2v) is 8.98. The summed E-state index contributed by atoms with van der Waals surface area (Å²) in [5.74, 6) is -3.67. The van der Waals surface area contributed by atoms with E-state index in [0.29, 0.717) is 5.06 Å². The first-order valence-electron chi connectivity index (χ1n) is 6.30. The highest BCUT2D eigenvalue weighted by Gasteiger charge is 2.87. The Morgan fingerprint density at radius 1 is 0.955 bits per heavy atom. The number of hydroxylamine groups is 2. The van der Waals surface area contributed by atoms with E-state index in [-0.39, 0.29) is 10.1 Å². The van der Waals surface area contributed by atoms with Crippen molar-refractivity contribution in [2.75, 3.05) is 0 Å². The van der Waals surface area contributed by atoms with Crippen LogP contribution in [0.25, 0.3) is 0 Å². The SMILES string of the molecule is CC(C)ON1C(=O)[C@@H]2[C@H](C1=O)[C@@]1(Cl)C(Cl)=C(Cl)[C@@]2(Cl)C1(Cl)Cl. The van der Waals surface area contributed by atoms with Crippen LogP contribution in [0.5, 0.6) is 0 Å². The molecule has 2 amide bonds. The van der Waals surface area contributed by atoms with Gasteiger partial charge in [-0.1, -0.05) is 46.4 Å². The number of amides is 2. The van der Waals surface area contributed by atoms with E-state index in [9.17, 15) is 9.59 Å². The van der Waals surface area contributed by atoms with E-state index < -0.39 is 43.8 Å². The molecule has 3 aliphatic rings. The summed E-state index contributed by atoms with van der Waals surface area (Å²) in [5.41, 5.74) is 0. The first kappa shape index (κ1) is 17.4. The van der Waals surface area contributed by atoms with Crippen LogP contribution in [0.4, 0.5) is 0 Å². The molecule has 0 spiro atoms. The third-order valence-electron chi connectivity index (χ3n) is 4.18. The molecular formula is C12H9Cl6NO3. The zero-order valence-electron chi connectivity index (χ0n) is 11.2. The van der Waals surface area contributed by atoms with Gasteiger partial charge in [-0.05, 0) is 13.8 Å². The van der Waals surface area contributed by atoms with Gasteiger partial charge in [-0.25, -0.2) is 0 Å². The van der Waals surface area contributed by atoms with Gasteiger partial charge in [-0.3, -0.25) is 14.4 Å². The predicted octanol–water partition coefficient (Wildman–Crippen LogP) is 3.77. The van der Waals surface area contributed by atoms with Crippen molar-refractivity contribution >= 4 is 81.4 Å². The molecule has 0 N–H and O–H groups in total. The molecule has 1 aliphatic heterocycles. The number of hydrogen-bond acceptors (Lipinski definition) is 3. The molecule has 4 nitrogen and oxygen atoms in total. The zero-order valence-corrected chi connectivity index (χ0v) is 15.7. The van der Waals surface area contributed by atoms with E-state index in [1.165, 1.54) is 0 Å². The number of nitrogens with zero attached hydrogens (tertiary/aromatic N) is 1. The Morgan fingerprint density at radius 2 is 1.32 bits per heavy atom. The van der Waals surface area contributed by atoms with Gasteiger partial charge < -0.3 is 0 Å². The molecule has 0 aromatic rings. The number of carbonyl (C=O) groups excluding carboxylic acids is 2. The lowest BCUT2D eigenvalue weighted by Crippen LogP contribution is -2.50. The lowest BCUT2D eigenvalue weighted by atomic mass is 9.84. The minimum absolute atomic E-state index is 0.121. The molecule has 3 rings (SSSR count). The zero-order chi connectivity index (χ0) is 16.8. The van der Waals surface area contributed by atoms with E-state index in [4.69, 9.17) is 74.4 Å². The molecule has 0 unspecified atom stereocenters. The van der Waals surface area contributed by atoms with Crippen LogP contribution < -0.4 is 0 Å². The molecule has 4 atom stereocenters. The maximum atomic E-state index is 12.6. The van der Waals surface area contributed by atoms with Gasteiger partial charge in [0, 0.05) is 0 Å². The van der Waals surface area contributed by atoms with Gasteiger partial charge in [-0.2, -0.15) is 5.06 Å². The maximum absolute atomic E-state index is 12.6. The minimum atomic E-state index is -1.91. The number of allylic oxidation sites excluding steroid dienone is 2. The highest BCUT2D eigenvalue weighted by atomic mass is 35.5. The van der Waals surface area contributed by atoms with E-state index >= 15 is 0 Å².